The number of carbonyl (C=O) groups is 2. The summed E-state index contributed by atoms with van der Waals surface area (Å²) in [7, 11) is -3.81. The lowest BCUT2D eigenvalue weighted by atomic mass is 10.1. The normalized spacial score (nSPS) is 14.5. The van der Waals surface area contributed by atoms with Gasteiger partial charge in [-0.3, -0.25) is 13.9 Å². The Hall–Kier alpha value is -3.85. The lowest BCUT2D eigenvalue weighted by Gasteiger charge is -2.29. The number of para-hydroxylation sites is 2. The van der Waals surface area contributed by atoms with Gasteiger partial charge in [0.05, 0.1) is 23.2 Å². The van der Waals surface area contributed by atoms with E-state index in [2.05, 4.69) is 5.32 Å². The summed E-state index contributed by atoms with van der Waals surface area (Å²) in [5.41, 5.74) is 1.07. The van der Waals surface area contributed by atoms with E-state index in [0.29, 0.717) is 41.5 Å². The van der Waals surface area contributed by atoms with Crippen molar-refractivity contribution in [2.45, 2.75) is 32.2 Å². The highest BCUT2D eigenvalue weighted by Crippen LogP contribution is 2.28. The number of ether oxygens (including phenoxy) is 1. The van der Waals surface area contributed by atoms with E-state index in [0.717, 1.165) is 29.8 Å². The standard InChI is InChI=1S/C28H31N3O5S/c1-21(27(32)29-26-14-8-7-13-25(26)28(33)30-19-9-4-10-20-30)31(37(2,34)35)22-15-17-24(18-16-22)36-23-11-5-3-6-12-23/h3,5-8,11-18,21H,4,9-10,19-20H2,1-2H3,(H,29,32)/t21-/m0/s1. The van der Waals surface area contributed by atoms with E-state index in [1.165, 1.54) is 6.92 Å². The highest BCUT2D eigenvalue weighted by atomic mass is 32.2. The van der Waals surface area contributed by atoms with Gasteiger partial charge in [0.2, 0.25) is 15.9 Å². The number of piperidine rings is 1. The van der Waals surface area contributed by atoms with Crippen LogP contribution < -0.4 is 14.4 Å². The van der Waals surface area contributed by atoms with E-state index >= 15 is 0 Å². The Morgan fingerprint density at radius 3 is 2.11 bits per heavy atom. The van der Waals surface area contributed by atoms with E-state index in [-0.39, 0.29) is 5.91 Å². The fourth-order valence-corrected chi connectivity index (χ4v) is 5.55. The summed E-state index contributed by atoms with van der Waals surface area (Å²) >= 11 is 0. The van der Waals surface area contributed by atoms with Gasteiger partial charge in [-0.25, -0.2) is 8.42 Å². The highest BCUT2D eigenvalue weighted by Gasteiger charge is 2.30. The molecule has 8 nitrogen and oxygen atoms in total. The average Bonchev–Trinajstić information content (AvgIpc) is 2.90. The van der Waals surface area contributed by atoms with E-state index < -0.39 is 22.0 Å². The second-order valence-corrected chi connectivity index (χ2v) is 10.9. The van der Waals surface area contributed by atoms with Gasteiger partial charge in [0.1, 0.15) is 17.5 Å². The highest BCUT2D eigenvalue weighted by molar-refractivity contribution is 7.92. The number of rotatable bonds is 8. The largest absolute Gasteiger partial charge is 0.457 e. The number of anilines is 2. The summed E-state index contributed by atoms with van der Waals surface area (Å²) in [6.07, 6.45) is 4.06. The summed E-state index contributed by atoms with van der Waals surface area (Å²) in [6.45, 7) is 2.88. The number of carbonyl (C=O) groups excluding carboxylic acids is 2. The molecule has 1 N–H and O–H groups in total. The number of nitrogens with one attached hydrogen (secondary N) is 1. The third-order valence-electron chi connectivity index (χ3n) is 6.22. The van der Waals surface area contributed by atoms with Crippen molar-refractivity contribution in [1.82, 2.24) is 4.90 Å². The van der Waals surface area contributed by atoms with Crippen LogP contribution in [0.1, 0.15) is 36.5 Å². The minimum atomic E-state index is -3.81. The molecule has 0 spiro atoms. The smallest absolute Gasteiger partial charge is 0.255 e. The predicted octanol–water partition coefficient (Wildman–Crippen LogP) is 4.90. The molecule has 194 valence electrons. The number of sulfonamides is 1. The predicted molar refractivity (Wildman–Crippen MR) is 145 cm³/mol. The van der Waals surface area contributed by atoms with Gasteiger partial charge in [0.25, 0.3) is 5.91 Å². The zero-order valence-corrected chi connectivity index (χ0v) is 21.8. The molecule has 0 saturated carbocycles. The Kier molecular flexibility index (Phi) is 8.13. The maximum absolute atomic E-state index is 13.3. The van der Waals surface area contributed by atoms with Gasteiger partial charge in [0, 0.05) is 13.1 Å². The number of nitrogens with zero attached hydrogens (tertiary/aromatic N) is 2. The first-order chi connectivity index (χ1) is 17.7. The summed E-state index contributed by atoms with van der Waals surface area (Å²) in [6, 6.07) is 21.5. The fourth-order valence-electron chi connectivity index (χ4n) is 4.38. The molecule has 1 aliphatic rings. The molecule has 1 fully saturated rings. The van der Waals surface area contributed by atoms with E-state index in [1.54, 1.807) is 53.4 Å². The van der Waals surface area contributed by atoms with Crippen molar-refractivity contribution in [3.63, 3.8) is 0 Å². The Morgan fingerprint density at radius 2 is 1.46 bits per heavy atom. The van der Waals surface area contributed by atoms with Gasteiger partial charge in [-0.05, 0) is 74.7 Å². The van der Waals surface area contributed by atoms with Crippen molar-refractivity contribution in [3.8, 4) is 11.5 Å². The Balaban J connectivity index is 1.53. The van der Waals surface area contributed by atoms with Crippen LogP contribution in [0.2, 0.25) is 0 Å². The first kappa shape index (κ1) is 26.2. The van der Waals surface area contributed by atoms with Crippen molar-refractivity contribution < 1.29 is 22.7 Å². The van der Waals surface area contributed by atoms with Crippen LogP contribution in [0, 0.1) is 0 Å². The Labute approximate surface area is 217 Å². The molecule has 3 aromatic rings. The fraction of sp³-hybridized carbons (Fsp3) is 0.286. The Bertz CT molecular complexity index is 1340. The monoisotopic (exact) mass is 521 g/mol. The van der Waals surface area contributed by atoms with Gasteiger partial charge in [-0.2, -0.15) is 0 Å². The van der Waals surface area contributed by atoms with Crippen LogP contribution in [-0.2, 0) is 14.8 Å². The average molecular weight is 522 g/mol. The zero-order chi connectivity index (χ0) is 26.4. The first-order valence-corrected chi connectivity index (χ1v) is 14.1. The van der Waals surface area contributed by atoms with Crippen LogP contribution in [0.3, 0.4) is 0 Å². The maximum atomic E-state index is 13.3. The number of benzene rings is 3. The third-order valence-corrected chi connectivity index (χ3v) is 7.46. The number of amides is 2. The second kappa shape index (κ2) is 11.5. The second-order valence-electron chi connectivity index (χ2n) is 9.03. The molecule has 0 aliphatic carbocycles. The number of likely N-dealkylation sites (tertiary alicyclic amines) is 1. The maximum Gasteiger partial charge on any atom is 0.255 e. The van der Waals surface area contributed by atoms with Crippen LogP contribution >= 0.6 is 0 Å². The van der Waals surface area contributed by atoms with Crippen LogP contribution in [-0.4, -0.2) is 50.5 Å². The lowest BCUT2D eigenvalue weighted by molar-refractivity contribution is -0.116. The topological polar surface area (TPSA) is 96.0 Å². The van der Waals surface area contributed by atoms with Crippen molar-refractivity contribution in [2.24, 2.45) is 0 Å². The van der Waals surface area contributed by atoms with E-state index in [4.69, 9.17) is 4.74 Å². The van der Waals surface area contributed by atoms with Crippen molar-refractivity contribution in [2.75, 3.05) is 29.0 Å². The van der Waals surface area contributed by atoms with Gasteiger partial charge >= 0.3 is 0 Å². The van der Waals surface area contributed by atoms with Gasteiger partial charge < -0.3 is 15.0 Å². The lowest BCUT2D eigenvalue weighted by Crippen LogP contribution is -2.45. The van der Waals surface area contributed by atoms with Crippen molar-refractivity contribution >= 4 is 33.2 Å². The molecule has 1 aliphatic heterocycles. The minimum Gasteiger partial charge on any atom is -0.457 e. The Morgan fingerprint density at radius 1 is 0.865 bits per heavy atom. The van der Waals surface area contributed by atoms with Crippen molar-refractivity contribution in [1.29, 1.82) is 0 Å². The van der Waals surface area contributed by atoms with Gasteiger partial charge in [-0.1, -0.05) is 30.3 Å². The molecule has 3 aromatic carbocycles. The summed E-state index contributed by atoms with van der Waals surface area (Å²) in [5.74, 6) is 0.498. The molecule has 0 radical (unpaired) electrons. The molecule has 9 heteroatoms. The minimum absolute atomic E-state index is 0.141. The number of hydrogen-bond acceptors (Lipinski definition) is 5. The van der Waals surface area contributed by atoms with Crippen LogP contribution in [0.4, 0.5) is 11.4 Å². The SMILES string of the molecule is C[C@@H](C(=O)Nc1ccccc1C(=O)N1CCCCC1)N(c1ccc(Oc2ccccc2)cc1)S(C)(=O)=O. The van der Waals surface area contributed by atoms with Gasteiger partial charge in [-0.15, -0.1) is 0 Å². The van der Waals surface area contributed by atoms with Crippen LogP contribution in [0.25, 0.3) is 0 Å². The molecule has 0 bridgehead atoms. The molecule has 0 unspecified atom stereocenters. The quantitative estimate of drug-likeness (QED) is 0.455. The third kappa shape index (κ3) is 6.48. The molecule has 4 rings (SSSR count). The molecular formula is C28H31N3O5S. The van der Waals surface area contributed by atoms with E-state index in [9.17, 15) is 18.0 Å². The molecule has 2 amide bonds. The van der Waals surface area contributed by atoms with Crippen LogP contribution in [0.15, 0.2) is 78.9 Å². The molecular weight excluding hydrogens is 490 g/mol. The first-order valence-electron chi connectivity index (χ1n) is 12.3. The zero-order valence-electron chi connectivity index (χ0n) is 21.0. The molecule has 37 heavy (non-hydrogen) atoms. The molecule has 1 atom stereocenters. The van der Waals surface area contributed by atoms with Gasteiger partial charge in [0.15, 0.2) is 0 Å². The van der Waals surface area contributed by atoms with Crippen molar-refractivity contribution in [3.05, 3.63) is 84.4 Å². The summed E-state index contributed by atoms with van der Waals surface area (Å²) < 4.78 is 32.3. The molecule has 1 saturated heterocycles. The molecule has 1 heterocycles. The summed E-state index contributed by atoms with van der Waals surface area (Å²) in [5, 5.41) is 2.78. The van der Waals surface area contributed by atoms with E-state index in [1.807, 2.05) is 30.3 Å². The molecule has 0 aromatic heterocycles. The van der Waals surface area contributed by atoms with Crippen LogP contribution in [0.5, 0.6) is 11.5 Å². The summed E-state index contributed by atoms with van der Waals surface area (Å²) in [4.78, 5) is 28.2. The number of hydrogen-bond donors (Lipinski definition) is 1.